The van der Waals surface area contributed by atoms with Gasteiger partial charge < -0.3 is 15.2 Å². The Bertz CT molecular complexity index is 667. The fraction of sp³-hybridized carbons (Fsp3) is 0.400. The Morgan fingerprint density at radius 1 is 1.22 bits per heavy atom. The number of hydrogen-bond acceptors (Lipinski definition) is 3. The first-order chi connectivity index (χ1) is 10.7. The zero-order valence-corrected chi connectivity index (χ0v) is 13.3. The number of rotatable bonds is 4. The van der Waals surface area contributed by atoms with Crippen molar-refractivity contribution < 1.29 is 9.47 Å². The summed E-state index contributed by atoms with van der Waals surface area (Å²) in [7, 11) is 0. The lowest BCUT2D eigenvalue weighted by atomic mass is 9.93. The first-order valence-corrected chi connectivity index (χ1v) is 7.95. The van der Waals surface area contributed by atoms with E-state index in [1.165, 1.54) is 16.7 Å². The molecule has 1 aliphatic heterocycles. The van der Waals surface area contributed by atoms with Gasteiger partial charge in [0.25, 0.3) is 0 Å². The van der Waals surface area contributed by atoms with Crippen LogP contribution in [0.25, 0.3) is 11.1 Å². The molecule has 0 spiro atoms. The van der Waals surface area contributed by atoms with Gasteiger partial charge in [-0.1, -0.05) is 31.7 Å². The average molecular weight is 313 g/mol. The largest absolute Gasteiger partial charge is 0.494 e. The first kappa shape index (κ1) is 17.4. The second-order valence-corrected chi connectivity index (χ2v) is 5.72. The lowest BCUT2D eigenvalue weighted by Gasteiger charge is -2.27. The number of benzene rings is 2. The van der Waals surface area contributed by atoms with Crippen molar-refractivity contribution in [3.05, 3.63) is 47.5 Å². The Labute approximate surface area is 139 Å². The summed E-state index contributed by atoms with van der Waals surface area (Å²) < 4.78 is 11.7. The molecule has 0 fully saturated rings. The van der Waals surface area contributed by atoms with Crippen LogP contribution in [0.4, 0.5) is 0 Å². The predicted octanol–water partition coefficient (Wildman–Crippen LogP) is 4.35. The van der Waals surface area contributed by atoms with Crippen LogP contribution in [-0.4, -0.2) is 19.3 Å². The second kappa shape index (κ2) is 7.51. The highest BCUT2D eigenvalue weighted by Gasteiger charge is 2.22. The minimum absolute atomic E-state index is 0. The van der Waals surface area contributed by atoms with Crippen LogP contribution in [0.3, 0.4) is 0 Å². The van der Waals surface area contributed by atoms with Crippen molar-refractivity contribution in [2.24, 2.45) is 5.73 Å². The summed E-state index contributed by atoms with van der Waals surface area (Å²) in [5.41, 5.74) is 10.6. The Balaban J connectivity index is 0.00000192. The number of ether oxygens (including phenoxy) is 2. The Morgan fingerprint density at radius 3 is 2.74 bits per heavy atom. The molecule has 0 unspecified atom stereocenters. The quantitative estimate of drug-likeness (QED) is 0.912. The van der Waals surface area contributed by atoms with Crippen LogP contribution in [0, 0.1) is 6.92 Å². The molecule has 0 saturated carbocycles. The summed E-state index contributed by atoms with van der Waals surface area (Å²) >= 11 is 0. The number of aryl methyl sites for hydroxylation is 2. The molecule has 3 rings (SSSR count). The summed E-state index contributed by atoms with van der Waals surface area (Å²) in [5.74, 6) is 1.91. The maximum absolute atomic E-state index is 6.14. The molecule has 0 amide bonds. The van der Waals surface area contributed by atoms with Crippen LogP contribution in [-0.2, 0) is 6.42 Å². The van der Waals surface area contributed by atoms with E-state index in [9.17, 15) is 0 Å². The van der Waals surface area contributed by atoms with Gasteiger partial charge >= 0.3 is 0 Å². The molecule has 0 saturated heterocycles. The Morgan fingerprint density at radius 2 is 2.04 bits per heavy atom. The standard InChI is InChI=1S/C19H23NO2.CH4/c1-3-21-15-9-10-17(13(2)11-15)18-6-4-5-14-7-8-16(12-20)22-19(14)18;/h4-6,9-11,16H,3,7-8,12,20H2,1-2H3;1H4/t16-;/m1./s1. The summed E-state index contributed by atoms with van der Waals surface area (Å²) in [5, 5.41) is 0. The summed E-state index contributed by atoms with van der Waals surface area (Å²) in [6.45, 7) is 5.36. The number of nitrogens with two attached hydrogens (primary N) is 1. The maximum atomic E-state index is 6.14. The molecule has 1 atom stereocenters. The minimum atomic E-state index is 0. The molecule has 3 nitrogen and oxygen atoms in total. The van der Waals surface area contributed by atoms with Crippen molar-refractivity contribution in [1.82, 2.24) is 0 Å². The summed E-state index contributed by atoms with van der Waals surface area (Å²) in [6.07, 6.45) is 2.15. The van der Waals surface area contributed by atoms with Gasteiger partial charge in [0.2, 0.25) is 0 Å². The van der Waals surface area contributed by atoms with E-state index < -0.39 is 0 Å². The fourth-order valence-corrected chi connectivity index (χ4v) is 3.04. The van der Waals surface area contributed by atoms with Gasteiger partial charge in [-0.3, -0.25) is 0 Å². The first-order valence-electron chi connectivity index (χ1n) is 7.95. The molecule has 3 heteroatoms. The Kier molecular flexibility index (Phi) is 5.67. The van der Waals surface area contributed by atoms with Gasteiger partial charge in [0, 0.05) is 12.1 Å². The van der Waals surface area contributed by atoms with E-state index in [2.05, 4.69) is 37.3 Å². The van der Waals surface area contributed by atoms with E-state index in [1.54, 1.807) is 0 Å². The highest BCUT2D eigenvalue weighted by Crippen LogP contribution is 2.39. The molecule has 23 heavy (non-hydrogen) atoms. The molecule has 1 aliphatic rings. The van der Waals surface area contributed by atoms with Crippen molar-refractivity contribution in [3.63, 3.8) is 0 Å². The molecule has 0 aliphatic carbocycles. The smallest absolute Gasteiger partial charge is 0.130 e. The zero-order chi connectivity index (χ0) is 15.5. The van der Waals surface area contributed by atoms with E-state index in [1.807, 2.05) is 13.0 Å². The average Bonchev–Trinajstić information content (AvgIpc) is 2.54. The maximum Gasteiger partial charge on any atom is 0.130 e. The van der Waals surface area contributed by atoms with E-state index in [-0.39, 0.29) is 13.5 Å². The van der Waals surface area contributed by atoms with Crippen molar-refractivity contribution in [3.8, 4) is 22.6 Å². The third-order valence-corrected chi connectivity index (χ3v) is 4.18. The topological polar surface area (TPSA) is 44.5 Å². The van der Waals surface area contributed by atoms with Gasteiger partial charge in [-0.15, -0.1) is 0 Å². The van der Waals surface area contributed by atoms with E-state index in [0.29, 0.717) is 13.2 Å². The minimum Gasteiger partial charge on any atom is -0.494 e. The van der Waals surface area contributed by atoms with Gasteiger partial charge in [0.15, 0.2) is 0 Å². The lowest BCUT2D eigenvalue weighted by molar-refractivity contribution is 0.182. The van der Waals surface area contributed by atoms with Crippen LogP contribution >= 0.6 is 0 Å². The summed E-state index contributed by atoms with van der Waals surface area (Å²) in [6, 6.07) is 12.6. The molecule has 0 radical (unpaired) electrons. The van der Waals surface area contributed by atoms with Crippen molar-refractivity contribution >= 4 is 0 Å². The van der Waals surface area contributed by atoms with Crippen LogP contribution in [0.15, 0.2) is 36.4 Å². The van der Waals surface area contributed by atoms with Crippen molar-refractivity contribution in [2.45, 2.75) is 40.2 Å². The molecule has 2 aromatic carbocycles. The molecule has 1 heterocycles. The number of para-hydroxylation sites is 1. The Hall–Kier alpha value is -2.00. The normalized spacial score (nSPS) is 16.0. The van der Waals surface area contributed by atoms with Gasteiger partial charge in [-0.25, -0.2) is 0 Å². The summed E-state index contributed by atoms with van der Waals surface area (Å²) in [4.78, 5) is 0. The molecule has 0 bridgehead atoms. The van der Waals surface area contributed by atoms with Gasteiger partial charge in [0.05, 0.1) is 6.61 Å². The van der Waals surface area contributed by atoms with E-state index in [0.717, 1.165) is 29.9 Å². The number of hydrogen-bond donors (Lipinski definition) is 1. The molecular weight excluding hydrogens is 286 g/mol. The van der Waals surface area contributed by atoms with Gasteiger partial charge in [-0.2, -0.15) is 0 Å². The molecule has 124 valence electrons. The third-order valence-electron chi connectivity index (χ3n) is 4.18. The van der Waals surface area contributed by atoms with E-state index in [4.69, 9.17) is 15.2 Å². The SMILES string of the molecule is C.CCOc1ccc(-c2cccc3c2O[C@@H](CN)CC3)c(C)c1. The van der Waals surface area contributed by atoms with Crippen LogP contribution in [0.1, 0.15) is 31.9 Å². The third kappa shape index (κ3) is 3.50. The highest BCUT2D eigenvalue weighted by atomic mass is 16.5. The number of fused-ring (bicyclic) bond motifs is 1. The fourth-order valence-electron chi connectivity index (χ4n) is 3.04. The second-order valence-electron chi connectivity index (χ2n) is 5.72. The predicted molar refractivity (Wildman–Crippen MR) is 96.3 cm³/mol. The molecular formula is C20H27NO2. The monoisotopic (exact) mass is 313 g/mol. The van der Waals surface area contributed by atoms with Gasteiger partial charge in [-0.05, 0) is 55.5 Å². The van der Waals surface area contributed by atoms with Crippen LogP contribution < -0.4 is 15.2 Å². The highest BCUT2D eigenvalue weighted by molar-refractivity contribution is 5.75. The lowest BCUT2D eigenvalue weighted by Crippen LogP contribution is -2.30. The molecule has 0 aromatic heterocycles. The zero-order valence-electron chi connectivity index (χ0n) is 13.3. The van der Waals surface area contributed by atoms with Crippen LogP contribution in [0.5, 0.6) is 11.5 Å². The van der Waals surface area contributed by atoms with Crippen molar-refractivity contribution in [2.75, 3.05) is 13.2 Å². The molecule has 2 N–H and O–H groups in total. The van der Waals surface area contributed by atoms with Crippen molar-refractivity contribution in [1.29, 1.82) is 0 Å². The van der Waals surface area contributed by atoms with E-state index >= 15 is 0 Å². The van der Waals surface area contributed by atoms with Gasteiger partial charge in [0.1, 0.15) is 17.6 Å². The molecule has 2 aromatic rings. The van der Waals surface area contributed by atoms with Crippen LogP contribution in [0.2, 0.25) is 0 Å².